The van der Waals surface area contributed by atoms with Crippen LogP contribution in [0.4, 0.5) is 4.79 Å². The van der Waals surface area contributed by atoms with Crippen LogP contribution in [0.25, 0.3) is 0 Å². The molecule has 4 rings (SSSR count). The van der Waals surface area contributed by atoms with E-state index in [0.717, 1.165) is 31.7 Å². The van der Waals surface area contributed by atoms with Crippen LogP contribution in [0.2, 0.25) is 0 Å². The third-order valence-corrected chi connectivity index (χ3v) is 6.24. The normalized spacial score (nSPS) is 24.1. The van der Waals surface area contributed by atoms with Gasteiger partial charge in [0.05, 0.1) is 12.6 Å². The highest BCUT2D eigenvalue weighted by Crippen LogP contribution is 2.60. The van der Waals surface area contributed by atoms with Crippen LogP contribution < -0.4 is 5.32 Å². The molecule has 0 heterocycles. The van der Waals surface area contributed by atoms with Crippen LogP contribution in [0.15, 0.2) is 24.3 Å². The maximum atomic E-state index is 12.9. The number of carbonyl (C=O) groups excluding carboxylic acids is 1. The molecular weight excluding hydrogens is 300 g/mol. The Morgan fingerprint density at radius 3 is 2.75 bits per heavy atom. The van der Waals surface area contributed by atoms with E-state index < -0.39 is 0 Å². The molecule has 3 aliphatic carbocycles. The lowest BCUT2D eigenvalue weighted by Crippen LogP contribution is -2.46. The number of urea groups is 1. The van der Waals surface area contributed by atoms with Crippen LogP contribution in [-0.4, -0.2) is 35.7 Å². The minimum Gasteiger partial charge on any atom is -0.395 e. The molecule has 24 heavy (non-hydrogen) atoms. The predicted molar refractivity (Wildman–Crippen MR) is 93.7 cm³/mol. The summed E-state index contributed by atoms with van der Waals surface area (Å²) in [6, 6.07) is 8.53. The lowest BCUT2D eigenvalue weighted by Gasteiger charge is -2.36. The Balaban J connectivity index is 1.46. The van der Waals surface area contributed by atoms with Crippen LogP contribution >= 0.6 is 0 Å². The van der Waals surface area contributed by atoms with Crippen LogP contribution in [0.5, 0.6) is 0 Å². The van der Waals surface area contributed by atoms with Crippen LogP contribution in [0, 0.1) is 11.3 Å². The van der Waals surface area contributed by atoms with E-state index in [1.165, 1.54) is 36.8 Å². The third-order valence-electron chi connectivity index (χ3n) is 6.24. The first-order valence-corrected chi connectivity index (χ1v) is 9.47. The van der Waals surface area contributed by atoms with Gasteiger partial charge in [-0.05, 0) is 67.4 Å². The van der Waals surface area contributed by atoms with Crippen molar-refractivity contribution >= 4 is 6.03 Å². The third kappa shape index (κ3) is 3.04. The van der Waals surface area contributed by atoms with Crippen molar-refractivity contribution < 1.29 is 9.90 Å². The second-order valence-corrected chi connectivity index (χ2v) is 7.82. The quantitative estimate of drug-likeness (QED) is 0.842. The van der Waals surface area contributed by atoms with Crippen molar-refractivity contribution in [1.82, 2.24) is 10.2 Å². The number of rotatable bonds is 6. The summed E-state index contributed by atoms with van der Waals surface area (Å²) in [5.41, 5.74) is 3.02. The molecule has 1 unspecified atom stereocenters. The van der Waals surface area contributed by atoms with Gasteiger partial charge < -0.3 is 15.3 Å². The molecular formula is C20H28N2O2. The lowest BCUT2D eigenvalue weighted by molar-refractivity contribution is 0.142. The summed E-state index contributed by atoms with van der Waals surface area (Å²) in [6.45, 7) is 1.23. The number of aliphatic hydroxyl groups excluding tert-OH is 1. The Hall–Kier alpha value is -1.55. The zero-order valence-electron chi connectivity index (χ0n) is 14.3. The van der Waals surface area contributed by atoms with E-state index in [4.69, 9.17) is 0 Å². The van der Waals surface area contributed by atoms with Crippen molar-refractivity contribution in [2.24, 2.45) is 11.3 Å². The first-order valence-electron chi connectivity index (χ1n) is 9.47. The Morgan fingerprint density at radius 2 is 2.04 bits per heavy atom. The van der Waals surface area contributed by atoms with Crippen molar-refractivity contribution in [1.29, 1.82) is 0 Å². The molecule has 2 N–H and O–H groups in total. The smallest absolute Gasteiger partial charge is 0.318 e. The molecule has 2 amide bonds. The summed E-state index contributed by atoms with van der Waals surface area (Å²) >= 11 is 0. The maximum Gasteiger partial charge on any atom is 0.318 e. The largest absolute Gasteiger partial charge is 0.395 e. The number of nitrogens with one attached hydrogen (secondary N) is 1. The highest BCUT2D eigenvalue weighted by Gasteiger charge is 2.53. The van der Waals surface area contributed by atoms with E-state index >= 15 is 0 Å². The number of hydrogen-bond acceptors (Lipinski definition) is 2. The summed E-state index contributed by atoms with van der Waals surface area (Å²) in [5, 5.41) is 12.7. The first kappa shape index (κ1) is 15.9. The van der Waals surface area contributed by atoms with Crippen molar-refractivity contribution in [2.45, 2.75) is 51.0 Å². The van der Waals surface area contributed by atoms with Crippen molar-refractivity contribution in [3.05, 3.63) is 35.4 Å². The molecule has 1 aromatic carbocycles. The van der Waals surface area contributed by atoms with Gasteiger partial charge in [0.1, 0.15) is 0 Å². The van der Waals surface area contributed by atoms with Gasteiger partial charge in [0.2, 0.25) is 0 Å². The highest BCUT2D eigenvalue weighted by atomic mass is 16.3. The van der Waals surface area contributed by atoms with E-state index in [-0.39, 0.29) is 18.7 Å². The number of aliphatic hydroxyl groups is 1. The number of carbonyl (C=O) groups is 1. The van der Waals surface area contributed by atoms with Crippen molar-refractivity contribution in [3.63, 3.8) is 0 Å². The van der Waals surface area contributed by atoms with Gasteiger partial charge in [-0.2, -0.15) is 0 Å². The maximum absolute atomic E-state index is 12.9. The summed E-state index contributed by atoms with van der Waals surface area (Å²) in [4.78, 5) is 14.7. The monoisotopic (exact) mass is 328 g/mol. The second kappa shape index (κ2) is 6.40. The minimum atomic E-state index is -0.00215. The number of aryl methyl sites for hydroxylation is 1. The van der Waals surface area contributed by atoms with Gasteiger partial charge in [0.25, 0.3) is 0 Å². The predicted octanol–water partition coefficient (Wildman–Crippen LogP) is 3.26. The molecule has 4 nitrogen and oxygen atoms in total. The second-order valence-electron chi connectivity index (χ2n) is 7.82. The molecule has 4 heteroatoms. The average Bonchev–Trinajstić information content (AvgIpc) is 3.50. The van der Waals surface area contributed by atoms with Gasteiger partial charge >= 0.3 is 6.03 Å². The molecule has 2 saturated carbocycles. The van der Waals surface area contributed by atoms with Gasteiger partial charge in [-0.15, -0.1) is 0 Å². The molecule has 3 aliphatic rings. The summed E-state index contributed by atoms with van der Waals surface area (Å²) in [5.74, 6) is 0.847. The zero-order valence-corrected chi connectivity index (χ0v) is 14.3. The molecule has 0 saturated heterocycles. The van der Waals surface area contributed by atoms with Gasteiger partial charge in [-0.1, -0.05) is 24.3 Å². The summed E-state index contributed by atoms with van der Waals surface area (Å²) < 4.78 is 0. The van der Waals surface area contributed by atoms with Crippen LogP contribution in [0.3, 0.4) is 0 Å². The summed E-state index contributed by atoms with van der Waals surface area (Å²) in [7, 11) is 0. The average molecular weight is 328 g/mol. The molecule has 1 atom stereocenters. The number of amides is 2. The molecule has 0 aliphatic heterocycles. The van der Waals surface area contributed by atoms with E-state index in [9.17, 15) is 9.90 Å². The molecule has 0 aromatic heterocycles. The van der Waals surface area contributed by atoms with Gasteiger partial charge in [0.15, 0.2) is 0 Å². The van der Waals surface area contributed by atoms with Crippen molar-refractivity contribution in [2.75, 3.05) is 19.7 Å². The topological polar surface area (TPSA) is 52.6 Å². The van der Waals surface area contributed by atoms with E-state index in [2.05, 4.69) is 29.6 Å². The van der Waals surface area contributed by atoms with E-state index in [1.54, 1.807) is 0 Å². The summed E-state index contributed by atoms with van der Waals surface area (Å²) in [6.07, 6.45) is 8.39. The van der Waals surface area contributed by atoms with Crippen LogP contribution in [-0.2, 0) is 6.42 Å². The molecule has 0 bridgehead atoms. The Kier molecular flexibility index (Phi) is 4.25. The number of nitrogens with zero attached hydrogens (tertiary/aromatic N) is 1. The molecule has 1 aromatic rings. The minimum absolute atomic E-state index is 0.00215. The number of benzene rings is 1. The fourth-order valence-corrected chi connectivity index (χ4v) is 4.50. The number of hydrogen-bond donors (Lipinski definition) is 2. The van der Waals surface area contributed by atoms with Crippen molar-refractivity contribution in [3.8, 4) is 0 Å². The van der Waals surface area contributed by atoms with Gasteiger partial charge in [0, 0.05) is 13.1 Å². The van der Waals surface area contributed by atoms with Crippen LogP contribution in [0.1, 0.15) is 55.7 Å². The molecule has 0 spiro atoms. The highest BCUT2D eigenvalue weighted by molar-refractivity contribution is 5.75. The first-order chi connectivity index (χ1) is 11.7. The van der Waals surface area contributed by atoms with E-state index in [1.807, 2.05) is 4.90 Å². The fourth-order valence-electron chi connectivity index (χ4n) is 4.50. The standard InChI is InChI=1S/C20H28N2O2/c23-13-12-22(18-7-3-5-15-4-1-2-6-17(15)18)19(24)21-14-20(10-11-20)16-8-9-16/h1-2,4,6,16,18,23H,3,5,7-14H2,(H,21,24). The molecule has 0 radical (unpaired) electrons. The Bertz CT molecular complexity index is 607. The lowest BCUT2D eigenvalue weighted by atomic mass is 9.87. The molecule has 130 valence electrons. The Morgan fingerprint density at radius 1 is 1.25 bits per heavy atom. The SMILES string of the molecule is O=C(NCC1(C2CC2)CC1)N(CCO)C1CCCc2ccccc21. The van der Waals surface area contributed by atoms with Gasteiger partial charge in [-0.3, -0.25) is 0 Å². The fraction of sp³-hybridized carbons (Fsp3) is 0.650. The van der Waals surface area contributed by atoms with Gasteiger partial charge in [-0.25, -0.2) is 4.79 Å². The Labute approximate surface area is 144 Å². The molecule has 2 fully saturated rings. The van der Waals surface area contributed by atoms with E-state index in [0.29, 0.717) is 12.0 Å². The zero-order chi connectivity index (χ0) is 16.6. The number of fused-ring (bicyclic) bond motifs is 1.